The third-order valence-corrected chi connectivity index (χ3v) is 8.84. The van der Waals surface area contributed by atoms with Crippen molar-refractivity contribution in [3.63, 3.8) is 0 Å². The molecule has 2 aliphatic rings. The minimum absolute atomic E-state index is 0.0768. The van der Waals surface area contributed by atoms with Gasteiger partial charge in [-0.05, 0) is 0 Å². The smallest absolute Gasteiger partial charge is 0.353 e. The summed E-state index contributed by atoms with van der Waals surface area (Å²) in [7, 11) is -7.75. The Morgan fingerprint density at radius 2 is 1.46 bits per heavy atom. The summed E-state index contributed by atoms with van der Waals surface area (Å²) >= 11 is 0. The topological polar surface area (TPSA) is 321 Å². The molecule has 0 aromatic carbocycles. The Hall–Kier alpha value is -3.24. The average Bonchev–Trinajstić information content (AvgIpc) is 3.78. The van der Waals surface area contributed by atoms with Gasteiger partial charge in [0.15, 0.2) is 35.4 Å². The predicted octanol–water partition coefficient (Wildman–Crippen LogP) is -2.31. The summed E-state index contributed by atoms with van der Waals surface area (Å²) in [6.07, 6.45) is -6.81. The highest BCUT2D eigenvalue weighted by atomic mass is 31.2. The number of fused-ring (bicyclic) bond motifs is 2. The number of ether oxygens (including phenoxy) is 4. The van der Waals surface area contributed by atoms with E-state index in [1.54, 1.807) is 0 Å². The number of aromatic nitrogens is 8. The van der Waals surface area contributed by atoms with E-state index in [-0.39, 0.29) is 34.0 Å². The van der Waals surface area contributed by atoms with E-state index in [4.69, 9.17) is 34.9 Å². The molecule has 2 saturated heterocycles. The molecule has 9 N–H and O–H groups in total. The van der Waals surface area contributed by atoms with Crippen molar-refractivity contribution < 1.29 is 57.7 Å². The van der Waals surface area contributed by atoms with Gasteiger partial charge in [0.05, 0.1) is 25.9 Å². The molecule has 2 fully saturated rings. The Balaban J connectivity index is 1.16. The van der Waals surface area contributed by atoms with Crippen LogP contribution in [0.5, 0.6) is 0 Å². The van der Waals surface area contributed by atoms with Crippen LogP contribution in [0.25, 0.3) is 22.3 Å². The van der Waals surface area contributed by atoms with Gasteiger partial charge in [-0.1, -0.05) is 0 Å². The van der Waals surface area contributed by atoms with Crippen LogP contribution < -0.4 is 11.5 Å². The van der Waals surface area contributed by atoms with Crippen molar-refractivity contribution in [2.45, 2.75) is 49.1 Å². The van der Waals surface area contributed by atoms with E-state index in [1.807, 2.05) is 0 Å². The van der Waals surface area contributed by atoms with Crippen LogP contribution in [0.15, 0.2) is 25.3 Å². The van der Waals surface area contributed by atoms with Crippen molar-refractivity contribution in [3.8, 4) is 0 Å². The van der Waals surface area contributed by atoms with Gasteiger partial charge in [0.1, 0.15) is 73.0 Å². The number of nitrogens with two attached hydrogens (primary N) is 2. The summed E-state index contributed by atoms with van der Waals surface area (Å²) in [5.74, 6) is 0.161. The number of hydrogen-bond acceptors (Lipinski definition) is 18. The molecular formula is C22H30N10O12P2. The molecule has 6 unspecified atom stereocenters. The molecule has 10 atom stereocenters. The predicted molar refractivity (Wildman–Crippen MR) is 153 cm³/mol. The van der Waals surface area contributed by atoms with Crippen LogP contribution in [0.4, 0.5) is 11.6 Å². The number of anilines is 2. The first kappa shape index (κ1) is 32.7. The van der Waals surface area contributed by atoms with E-state index in [0.29, 0.717) is 0 Å². The van der Waals surface area contributed by atoms with Gasteiger partial charge >= 0.3 is 7.60 Å². The van der Waals surface area contributed by atoms with Crippen LogP contribution in [-0.4, -0.2) is 127 Å². The number of imidazole rings is 2. The van der Waals surface area contributed by atoms with Crippen molar-refractivity contribution in [2.24, 2.45) is 0 Å². The maximum absolute atomic E-state index is 13.1. The first-order valence-corrected chi connectivity index (χ1v) is 16.9. The van der Waals surface area contributed by atoms with Crippen molar-refractivity contribution in [2.75, 3.05) is 37.4 Å². The molecule has 46 heavy (non-hydrogen) atoms. The molecule has 2 aliphatic heterocycles. The second kappa shape index (κ2) is 13.1. The summed E-state index contributed by atoms with van der Waals surface area (Å²) in [6.45, 7) is -1.23. The van der Waals surface area contributed by atoms with Gasteiger partial charge in [-0.3, -0.25) is 18.3 Å². The minimum Gasteiger partial charge on any atom is -0.394 e. The zero-order chi connectivity index (χ0) is 32.7. The molecular weight excluding hydrogens is 658 g/mol. The van der Waals surface area contributed by atoms with Gasteiger partial charge in [0.2, 0.25) is 8.03 Å². The highest BCUT2D eigenvalue weighted by molar-refractivity contribution is 7.52. The lowest BCUT2D eigenvalue weighted by molar-refractivity contribution is -0.0672. The molecule has 0 saturated carbocycles. The van der Waals surface area contributed by atoms with Crippen LogP contribution in [0.3, 0.4) is 0 Å². The van der Waals surface area contributed by atoms with Crippen LogP contribution in [0.1, 0.15) is 12.5 Å². The highest BCUT2D eigenvalue weighted by Gasteiger charge is 2.49. The molecule has 6 heterocycles. The number of aliphatic hydroxyl groups excluding tert-OH is 3. The van der Waals surface area contributed by atoms with E-state index in [9.17, 15) is 34.2 Å². The number of rotatable bonds is 12. The van der Waals surface area contributed by atoms with E-state index >= 15 is 0 Å². The third kappa shape index (κ3) is 6.22. The molecule has 6 rings (SSSR count). The van der Waals surface area contributed by atoms with E-state index < -0.39 is 90.6 Å². The van der Waals surface area contributed by atoms with Crippen molar-refractivity contribution in [1.29, 1.82) is 0 Å². The van der Waals surface area contributed by atoms with E-state index in [1.165, 1.54) is 34.4 Å². The Kier molecular flexibility index (Phi) is 9.31. The average molecular weight is 688 g/mol. The molecule has 4 aromatic heterocycles. The summed E-state index contributed by atoms with van der Waals surface area (Å²) in [6, 6.07) is 0. The number of nitrogen functional groups attached to an aromatic ring is 2. The van der Waals surface area contributed by atoms with Gasteiger partial charge in [0.25, 0.3) is 0 Å². The van der Waals surface area contributed by atoms with Crippen molar-refractivity contribution >= 4 is 49.6 Å². The monoisotopic (exact) mass is 688 g/mol. The molecule has 0 spiro atoms. The lowest BCUT2D eigenvalue weighted by Crippen LogP contribution is -2.37. The molecule has 0 amide bonds. The maximum Gasteiger partial charge on any atom is 0.353 e. The van der Waals surface area contributed by atoms with E-state index in [2.05, 4.69) is 29.9 Å². The Morgan fingerprint density at radius 1 is 0.870 bits per heavy atom. The highest BCUT2D eigenvalue weighted by Crippen LogP contribution is 2.46. The standard InChI is InChI=1S/C22H30N10O12P2/c23-17-11-19(27-3-25-17)31(5-29-11)21-14(35)15(40-7-45(36)37)10(44-21)2-42-46(38,39)8-41-16-13(34)9(1-33)43-22(16)32-6-30-12-18(24)26-4-28-20(12)32/h3-6,9-10,13-16,21-22,33-35,45H,1-2,7-8H2,(H,36,37)(H,38,39)(H2,23,25,27)(H2,24,26,28)/t9-,10-,13?,14?,15?,16?,21-,22-/m1/s1. The minimum atomic E-state index is -4.62. The molecule has 0 bridgehead atoms. The zero-order valence-corrected chi connectivity index (χ0v) is 25.4. The quantitative estimate of drug-likeness (QED) is 0.0769. The van der Waals surface area contributed by atoms with Crippen LogP contribution in [0, 0.1) is 0 Å². The molecule has 4 aromatic rings. The van der Waals surface area contributed by atoms with Gasteiger partial charge in [0, 0.05) is 0 Å². The fourth-order valence-corrected chi connectivity index (χ4v) is 6.40. The first-order chi connectivity index (χ1) is 22.0. The Bertz CT molecular complexity index is 1780. The maximum atomic E-state index is 13.1. The SMILES string of the molecule is Nc1ncnc2c1ncn2[C@@H]1O[C@H](COP(=O)(O)COC2C(O)[C@@H](CO)O[C@H]2n2cnc3c(N)ncnc32)C(OC[PH](=O)O)C1O. The Morgan fingerprint density at radius 3 is 2.04 bits per heavy atom. The van der Waals surface area contributed by atoms with Crippen LogP contribution in [-0.2, 0) is 32.6 Å². The van der Waals surface area contributed by atoms with Crippen LogP contribution in [0.2, 0.25) is 0 Å². The summed E-state index contributed by atoms with van der Waals surface area (Å²) in [5.41, 5.74) is 12.6. The third-order valence-electron chi connectivity index (χ3n) is 7.39. The van der Waals surface area contributed by atoms with E-state index in [0.717, 1.165) is 0 Å². The second-order valence-corrected chi connectivity index (χ2v) is 13.2. The number of aliphatic hydroxyl groups is 3. The molecule has 250 valence electrons. The lowest BCUT2D eigenvalue weighted by Gasteiger charge is -2.24. The second-order valence-electron chi connectivity index (χ2n) is 10.3. The normalized spacial score (nSPS) is 30.3. The first-order valence-electron chi connectivity index (χ1n) is 13.5. The van der Waals surface area contributed by atoms with Gasteiger partial charge in [-0.25, -0.2) is 29.9 Å². The number of hydrogen-bond donors (Lipinski definition) is 7. The summed E-state index contributed by atoms with van der Waals surface area (Å²) < 4.78 is 55.2. The lowest BCUT2D eigenvalue weighted by atomic mass is 10.1. The fraction of sp³-hybridized carbons (Fsp3) is 0.545. The summed E-state index contributed by atoms with van der Waals surface area (Å²) in [4.78, 5) is 44.2. The molecule has 24 heteroatoms. The fourth-order valence-electron chi connectivity index (χ4n) is 5.25. The van der Waals surface area contributed by atoms with Gasteiger partial charge in [-0.15, -0.1) is 0 Å². The van der Waals surface area contributed by atoms with Crippen molar-refractivity contribution in [1.82, 2.24) is 39.0 Å². The van der Waals surface area contributed by atoms with Crippen LogP contribution >= 0.6 is 15.6 Å². The van der Waals surface area contributed by atoms with Crippen molar-refractivity contribution in [3.05, 3.63) is 25.3 Å². The molecule has 0 radical (unpaired) electrons. The summed E-state index contributed by atoms with van der Waals surface area (Å²) in [5, 5.41) is 31.5. The zero-order valence-electron chi connectivity index (χ0n) is 23.5. The van der Waals surface area contributed by atoms with Gasteiger partial charge in [-0.2, -0.15) is 0 Å². The molecule has 0 aliphatic carbocycles. The Labute approximate surface area is 258 Å². The van der Waals surface area contributed by atoms with Gasteiger partial charge < -0.3 is 60.0 Å². The molecule has 22 nitrogen and oxygen atoms in total. The largest absolute Gasteiger partial charge is 0.394 e. The number of nitrogens with zero attached hydrogens (tertiary/aromatic N) is 8.